The van der Waals surface area contributed by atoms with Crippen molar-refractivity contribution < 1.29 is 43.1 Å². The van der Waals surface area contributed by atoms with E-state index in [9.17, 15) is 13.6 Å². The molecule has 0 aliphatic rings. The van der Waals surface area contributed by atoms with Gasteiger partial charge in [-0.05, 0) is 29.6 Å². The molecule has 1 rings (SSSR count). The van der Waals surface area contributed by atoms with Gasteiger partial charge in [-0.1, -0.05) is 0 Å². The van der Waals surface area contributed by atoms with Crippen LogP contribution in [0.5, 0.6) is 0 Å². The molecule has 1 aromatic rings. The summed E-state index contributed by atoms with van der Waals surface area (Å²) in [5.41, 5.74) is 0. The van der Waals surface area contributed by atoms with Gasteiger partial charge in [0.25, 0.3) is 0 Å². The van der Waals surface area contributed by atoms with Crippen molar-refractivity contribution in [2.24, 2.45) is 0 Å². The quantitative estimate of drug-likeness (QED) is 0.484. The molecule has 0 radical (unpaired) electrons. The Balaban J connectivity index is 0.00000196. The molecule has 0 saturated carbocycles. The number of hydrogen-bond donors (Lipinski definition) is 1. The second kappa shape index (κ2) is 7.54. The average Bonchev–Trinajstić information content (AvgIpc) is 2.52. The maximum absolute atomic E-state index is 10.5. The molecule has 1 aromatic heterocycles. The van der Waals surface area contributed by atoms with Crippen molar-refractivity contribution in [3.63, 3.8) is 0 Å². The fourth-order valence-corrected chi connectivity index (χ4v) is 2.45. The Morgan fingerprint density at radius 3 is 2.73 bits per heavy atom. The fourth-order valence-electron chi connectivity index (χ4n) is 0.944. The topological polar surface area (TPSA) is 69.2 Å². The maximum atomic E-state index is 10.5. The van der Waals surface area contributed by atoms with Gasteiger partial charge in [0, 0.05) is 18.3 Å². The second-order valence-electron chi connectivity index (χ2n) is 2.69. The van der Waals surface area contributed by atoms with E-state index in [0.717, 1.165) is 4.88 Å². The van der Waals surface area contributed by atoms with E-state index in [1.807, 2.05) is 0 Å². The minimum absolute atomic E-state index is 0. The van der Waals surface area contributed by atoms with Crippen molar-refractivity contribution in [1.82, 2.24) is 5.32 Å². The summed E-state index contributed by atoms with van der Waals surface area (Å²) < 4.78 is 21.4. The Labute approximate surface area is 117 Å². The first-order valence-corrected chi connectivity index (χ1v) is 5.91. The smallest absolute Gasteiger partial charge is 0.768 e. The summed E-state index contributed by atoms with van der Waals surface area (Å²) in [7, 11) is 0. The van der Waals surface area contributed by atoms with Gasteiger partial charge < -0.3 is 9.87 Å². The average molecular weight is 255 g/mol. The van der Waals surface area contributed by atoms with Crippen LogP contribution in [0.1, 0.15) is 11.8 Å². The van der Waals surface area contributed by atoms with Crippen molar-refractivity contribution in [2.45, 2.75) is 17.6 Å². The maximum Gasteiger partial charge on any atom is 1.00 e. The second-order valence-corrected chi connectivity index (χ2v) is 5.02. The minimum Gasteiger partial charge on any atom is -0.768 e. The number of rotatable bonds is 4. The fraction of sp³-hybridized carbons (Fsp3) is 0.375. The van der Waals surface area contributed by atoms with Gasteiger partial charge in [0.05, 0.1) is 4.21 Å². The van der Waals surface area contributed by atoms with Crippen molar-refractivity contribution in [2.75, 3.05) is 6.54 Å². The van der Waals surface area contributed by atoms with Crippen molar-refractivity contribution in [3.05, 3.63) is 17.0 Å². The van der Waals surface area contributed by atoms with Gasteiger partial charge in [0.2, 0.25) is 5.91 Å². The standard InChI is InChI=1S/C8H11NO3S2.Na/c1-6(10)9-5-4-7-2-3-8(13-7)14(11)12;/h2-3H,4-5H2,1H3,(H,9,10)(H,11,12);/q;+1/p-1. The summed E-state index contributed by atoms with van der Waals surface area (Å²) in [6.07, 6.45) is 0.668. The molecule has 1 unspecified atom stereocenters. The first-order chi connectivity index (χ1) is 6.59. The van der Waals surface area contributed by atoms with E-state index < -0.39 is 11.1 Å². The molecule has 0 aliphatic carbocycles. The van der Waals surface area contributed by atoms with Gasteiger partial charge in [-0.25, -0.2) is 0 Å². The van der Waals surface area contributed by atoms with Crippen molar-refractivity contribution in [1.29, 1.82) is 0 Å². The Morgan fingerprint density at radius 2 is 2.27 bits per heavy atom. The summed E-state index contributed by atoms with van der Waals surface area (Å²) in [6.45, 7) is 1.99. The normalized spacial score (nSPS) is 11.6. The van der Waals surface area contributed by atoms with Crippen LogP contribution in [0.15, 0.2) is 16.3 Å². The van der Waals surface area contributed by atoms with E-state index in [0.29, 0.717) is 17.2 Å². The molecule has 0 saturated heterocycles. The number of amides is 1. The van der Waals surface area contributed by atoms with Crippen LogP contribution in [-0.2, 0) is 22.3 Å². The molecule has 7 heteroatoms. The van der Waals surface area contributed by atoms with E-state index in [4.69, 9.17) is 0 Å². The van der Waals surface area contributed by atoms with Crippen LogP contribution in [-0.4, -0.2) is 21.2 Å². The molecule has 0 spiro atoms. The summed E-state index contributed by atoms with van der Waals surface area (Å²) >= 11 is -0.913. The molecule has 0 aromatic carbocycles. The SMILES string of the molecule is CC(=O)NCCc1ccc(S(=O)[O-])s1.[Na+]. The number of carbonyl (C=O) groups excluding carboxylic acids is 1. The van der Waals surface area contributed by atoms with E-state index in [1.54, 1.807) is 12.1 Å². The zero-order valence-electron chi connectivity index (χ0n) is 8.61. The molecule has 0 aliphatic heterocycles. The Bertz CT molecular complexity index is 353. The first-order valence-electron chi connectivity index (χ1n) is 4.02. The number of thiophene rings is 1. The monoisotopic (exact) mass is 255 g/mol. The molecule has 1 amide bonds. The minimum atomic E-state index is -2.14. The number of hydrogen-bond acceptors (Lipinski definition) is 4. The van der Waals surface area contributed by atoms with Gasteiger partial charge in [0.15, 0.2) is 0 Å². The summed E-state index contributed by atoms with van der Waals surface area (Å²) in [5.74, 6) is -0.0748. The largest absolute Gasteiger partial charge is 1.00 e. The number of carbonyl (C=O) groups is 1. The van der Waals surface area contributed by atoms with E-state index in [-0.39, 0.29) is 35.5 Å². The van der Waals surface area contributed by atoms with E-state index in [2.05, 4.69) is 5.32 Å². The van der Waals surface area contributed by atoms with Crippen LogP contribution >= 0.6 is 11.3 Å². The summed E-state index contributed by atoms with van der Waals surface area (Å²) in [4.78, 5) is 11.5. The zero-order chi connectivity index (χ0) is 10.6. The molecule has 78 valence electrons. The number of nitrogens with one attached hydrogen (secondary N) is 1. The van der Waals surface area contributed by atoms with Crippen molar-refractivity contribution in [3.8, 4) is 0 Å². The third kappa shape index (κ3) is 5.79. The van der Waals surface area contributed by atoms with E-state index >= 15 is 0 Å². The van der Waals surface area contributed by atoms with Crippen LogP contribution in [0.4, 0.5) is 0 Å². The zero-order valence-corrected chi connectivity index (χ0v) is 12.2. The predicted octanol–water partition coefficient (Wildman–Crippen LogP) is -2.33. The predicted molar refractivity (Wildman–Crippen MR) is 53.9 cm³/mol. The Hall–Kier alpha value is 0.280. The van der Waals surface area contributed by atoms with Gasteiger partial charge in [-0.15, -0.1) is 11.3 Å². The van der Waals surface area contributed by atoms with Gasteiger partial charge in [-0.2, -0.15) is 0 Å². The van der Waals surface area contributed by atoms with Crippen molar-refractivity contribution >= 4 is 28.3 Å². The first kappa shape index (κ1) is 15.3. The van der Waals surface area contributed by atoms with Crippen LogP contribution in [0.2, 0.25) is 0 Å². The molecular weight excluding hydrogens is 245 g/mol. The molecule has 1 atom stereocenters. The van der Waals surface area contributed by atoms with E-state index in [1.165, 1.54) is 18.3 Å². The third-order valence-corrected chi connectivity index (χ3v) is 3.61. The molecule has 15 heavy (non-hydrogen) atoms. The van der Waals surface area contributed by atoms with Crippen LogP contribution in [0.25, 0.3) is 0 Å². The molecule has 0 fully saturated rings. The Kier molecular flexibility index (Phi) is 7.68. The van der Waals surface area contributed by atoms with Gasteiger partial charge in [-0.3, -0.25) is 9.00 Å². The van der Waals surface area contributed by atoms with Gasteiger partial charge >= 0.3 is 29.6 Å². The molecule has 1 N–H and O–H groups in total. The molecule has 4 nitrogen and oxygen atoms in total. The summed E-state index contributed by atoms with van der Waals surface area (Å²) in [5, 5.41) is 2.65. The van der Waals surface area contributed by atoms with Gasteiger partial charge in [0.1, 0.15) is 0 Å². The Morgan fingerprint density at radius 1 is 1.60 bits per heavy atom. The summed E-state index contributed by atoms with van der Waals surface area (Å²) in [6, 6.07) is 3.33. The van der Waals surface area contributed by atoms with Crippen LogP contribution in [0.3, 0.4) is 0 Å². The molecule has 1 heterocycles. The van der Waals surface area contributed by atoms with Crippen LogP contribution < -0.4 is 34.9 Å². The molecular formula is C8H10NNaO3S2. The molecule has 0 bridgehead atoms. The third-order valence-electron chi connectivity index (χ3n) is 1.55. The van der Waals surface area contributed by atoms with Crippen LogP contribution in [0, 0.1) is 0 Å².